The Bertz CT molecular complexity index is 596. The van der Waals surface area contributed by atoms with Gasteiger partial charge in [-0.05, 0) is 36.2 Å². The monoisotopic (exact) mass is 270 g/mol. The first-order chi connectivity index (χ1) is 8.97. The number of rotatable bonds is 3. The second kappa shape index (κ2) is 5.30. The summed E-state index contributed by atoms with van der Waals surface area (Å²) < 4.78 is 55.2. The third-order valence-corrected chi connectivity index (χ3v) is 2.58. The van der Waals surface area contributed by atoms with Crippen LogP contribution in [0.3, 0.4) is 0 Å². The Morgan fingerprint density at radius 2 is 1.68 bits per heavy atom. The standard InChI is InChI=1S/C14H10F4O/c1-8-2-4-10(11(15)6-8)9-3-5-13(12(16)7-9)19-14(17)18/h2-7,14H,1H3. The minimum absolute atomic E-state index is 0.202. The van der Waals surface area contributed by atoms with Gasteiger partial charge in [-0.2, -0.15) is 8.78 Å². The van der Waals surface area contributed by atoms with E-state index >= 15 is 0 Å². The number of halogens is 4. The number of alkyl halides is 2. The van der Waals surface area contributed by atoms with Crippen molar-refractivity contribution in [2.75, 3.05) is 0 Å². The molecule has 0 bridgehead atoms. The average molecular weight is 270 g/mol. The van der Waals surface area contributed by atoms with Gasteiger partial charge in [0.2, 0.25) is 0 Å². The summed E-state index contributed by atoms with van der Waals surface area (Å²) in [6.45, 7) is -1.37. The summed E-state index contributed by atoms with van der Waals surface area (Å²) in [6.07, 6.45) is 0. The van der Waals surface area contributed by atoms with E-state index in [9.17, 15) is 17.6 Å². The van der Waals surface area contributed by atoms with Gasteiger partial charge in [-0.25, -0.2) is 8.78 Å². The molecule has 2 aromatic carbocycles. The maximum Gasteiger partial charge on any atom is 0.387 e. The van der Waals surface area contributed by atoms with Crippen molar-refractivity contribution in [3.05, 3.63) is 53.6 Å². The molecular weight excluding hydrogens is 260 g/mol. The molecule has 1 nitrogen and oxygen atoms in total. The summed E-state index contributed by atoms with van der Waals surface area (Å²) in [4.78, 5) is 0. The molecule has 2 rings (SSSR count). The predicted molar refractivity (Wildman–Crippen MR) is 63.2 cm³/mol. The fraction of sp³-hybridized carbons (Fsp3) is 0.143. The summed E-state index contributed by atoms with van der Waals surface area (Å²) in [5.41, 5.74) is 1.20. The van der Waals surface area contributed by atoms with E-state index in [-0.39, 0.29) is 11.1 Å². The highest BCUT2D eigenvalue weighted by atomic mass is 19.3. The zero-order valence-corrected chi connectivity index (χ0v) is 9.96. The van der Waals surface area contributed by atoms with Crippen molar-refractivity contribution in [3.63, 3.8) is 0 Å². The molecule has 5 heteroatoms. The fourth-order valence-electron chi connectivity index (χ4n) is 1.71. The quantitative estimate of drug-likeness (QED) is 0.744. The number of hydrogen-bond donors (Lipinski definition) is 0. The van der Waals surface area contributed by atoms with Crippen molar-refractivity contribution in [3.8, 4) is 16.9 Å². The molecule has 0 radical (unpaired) electrons. The van der Waals surface area contributed by atoms with Crippen LogP contribution in [0, 0.1) is 18.6 Å². The summed E-state index contributed by atoms with van der Waals surface area (Å²) in [6, 6.07) is 7.85. The number of aryl methyl sites for hydroxylation is 1. The van der Waals surface area contributed by atoms with Gasteiger partial charge in [0.25, 0.3) is 0 Å². The third-order valence-electron chi connectivity index (χ3n) is 2.58. The Morgan fingerprint density at radius 3 is 2.26 bits per heavy atom. The summed E-state index contributed by atoms with van der Waals surface area (Å²) in [7, 11) is 0. The molecule has 0 fully saturated rings. The van der Waals surface area contributed by atoms with Crippen LogP contribution in [0.1, 0.15) is 5.56 Å². The van der Waals surface area contributed by atoms with E-state index in [1.807, 2.05) is 0 Å². The van der Waals surface area contributed by atoms with E-state index in [2.05, 4.69) is 4.74 Å². The minimum atomic E-state index is -3.10. The summed E-state index contributed by atoms with van der Waals surface area (Å²) in [5, 5.41) is 0. The van der Waals surface area contributed by atoms with Crippen molar-refractivity contribution in [1.29, 1.82) is 0 Å². The van der Waals surface area contributed by atoms with E-state index in [4.69, 9.17) is 0 Å². The van der Waals surface area contributed by atoms with Crippen molar-refractivity contribution < 1.29 is 22.3 Å². The Hall–Kier alpha value is -2.04. The van der Waals surface area contributed by atoms with Crippen LogP contribution in [0.15, 0.2) is 36.4 Å². The number of ether oxygens (including phenoxy) is 1. The van der Waals surface area contributed by atoms with Gasteiger partial charge in [0.15, 0.2) is 11.6 Å². The van der Waals surface area contributed by atoms with Crippen LogP contribution < -0.4 is 4.74 Å². The van der Waals surface area contributed by atoms with Gasteiger partial charge < -0.3 is 4.74 Å². The lowest BCUT2D eigenvalue weighted by Crippen LogP contribution is -2.03. The first kappa shape index (κ1) is 13.4. The molecule has 0 aliphatic heterocycles. The topological polar surface area (TPSA) is 9.23 Å². The van der Waals surface area contributed by atoms with Crippen molar-refractivity contribution in [2.24, 2.45) is 0 Å². The first-order valence-corrected chi connectivity index (χ1v) is 5.48. The van der Waals surface area contributed by atoms with Gasteiger partial charge in [-0.3, -0.25) is 0 Å². The van der Waals surface area contributed by atoms with E-state index in [1.165, 1.54) is 18.2 Å². The van der Waals surface area contributed by atoms with Crippen LogP contribution in [0.2, 0.25) is 0 Å². The highest BCUT2D eigenvalue weighted by molar-refractivity contribution is 5.65. The molecule has 0 unspecified atom stereocenters. The molecule has 0 N–H and O–H groups in total. The molecule has 0 saturated heterocycles. The van der Waals surface area contributed by atoms with Gasteiger partial charge in [-0.15, -0.1) is 0 Å². The van der Waals surface area contributed by atoms with Gasteiger partial charge in [0, 0.05) is 5.56 Å². The maximum absolute atomic E-state index is 13.7. The molecule has 0 amide bonds. The molecule has 0 aromatic heterocycles. The molecule has 0 aliphatic rings. The second-order valence-corrected chi connectivity index (χ2v) is 4.01. The first-order valence-electron chi connectivity index (χ1n) is 5.48. The number of benzene rings is 2. The molecule has 0 saturated carbocycles. The Kier molecular flexibility index (Phi) is 3.74. The molecule has 0 spiro atoms. The molecule has 0 heterocycles. The van der Waals surface area contributed by atoms with Crippen LogP contribution in [-0.4, -0.2) is 6.61 Å². The van der Waals surface area contributed by atoms with Crippen molar-refractivity contribution in [1.82, 2.24) is 0 Å². The Labute approximate surface area is 107 Å². The normalized spacial score (nSPS) is 10.8. The number of hydrogen-bond acceptors (Lipinski definition) is 1. The van der Waals surface area contributed by atoms with Gasteiger partial charge in [0.1, 0.15) is 5.82 Å². The lowest BCUT2D eigenvalue weighted by atomic mass is 10.0. The van der Waals surface area contributed by atoms with E-state index in [1.54, 1.807) is 13.0 Å². The van der Waals surface area contributed by atoms with Crippen LogP contribution in [0.25, 0.3) is 11.1 Å². The average Bonchev–Trinajstić information content (AvgIpc) is 2.31. The van der Waals surface area contributed by atoms with Gasteiger partial charge >= 0.3 is 6.61 Å². The summed E-state index contributed by atoms with van der Waals surface area (Å²) in [5.74, 6) is -2.02. The fourth-order valence-corrected chi connectivity index (χ4v) is 1.71. The largest absolute Gasteiger partial charge is 0.432 e. The minimum Gasteiger partial charge on any atom is -0.432 e. The van der Waals surface area contributed by atoms with Crippen molar-refractivity contribution in [2.45, 2.75) is 13.5 Å². The Balaban J connectivity index is 2.39. The highest BCUT2D eigenvalue weighted by Crippen LogP contribution is 2.28. The van der Waals surface area contributed by atoms with Crippen LogP contribution in [0.4, 0.5) is 17.6 Å². The van der Waals surface area contributed by atoms with Crippen LogP contribution in [0.5, 0.6) is 5.75 Å². The van der Waals surface area contributed by atoms with Crippen LogP contribution in [-0.2, 0) is 0 Å². The van der Waals surface area contributed by atoms with E-state index < -0.39 is 24.0 Å². The van der Waals surface area contributed by atoms with Gasteiger partial charge in [0.05, 0.1) is 0 Å². The maximum atomic E-state index is 13.7. The molecule has 100 valence electrons. The molecule has 0 atom stereocenters. The second-order valence-electron chi connectivity index (χ2n) is 4.01. The van der Waals surface area contributed by atoms with Crippen LogP contribution >= 0.6 is 0 Å². The zero-order valence-electron chi connectivity index (χ0n) is 9.96. The highest BCUT2D eigenvalue weighted by Gasteiger charge is 2.12. The van der Waals surface area contributed by atoms with E-state index in [0.29, 0.717) is 0 Å². The Morgan fingerprint density at radius 1 is 0.947 bits per heavy atom. The zero-order chi connectivity index (χ0) is 14.0. The third kappa shape index (κ3) is 3.05. The van der Waals surface area contributed by atoms with Gasteiger partial charge in [-0.1, -0.05) is 18.2 Å². The molecular formula is C14H10F4O. The molecule has 2 aromatic rings. The lowest BCUT2D eigenvalue weighted by Gasteiger charge is -2.08. The van der Waals surface area contributed by atoms with Crippen molar-refractivity contribution >= 4 is 0 Å². The van der Waals surface area contributed by atoms with E-state index in [0.717, 1.165) is 17.7 Å². The lowest BCUT2D eigenvalue weighted by molar-refractivity contribution is -0.0521. The smallest absolute Gasteiger partial charge is 0.387 e. The summed E-state index contributed by atoms with van der Waals surface area (Å²) >= 11 is 0. The predicted octanol–water partition coefficient (Wildman–Crippen LogP) is 4.54. The molecule has 19 heavy (non-hydrogen) atoms. The molecule has 0 aliphatic carbocycles. The SMILES string of the molecule is Cc1ccc(-c2ccc(OC(F)F)c(F)c2)c(F)c1.